The van der Waals surface area contributed by atoms with E-state index in [-0.39, 0.29) is 13.0 Å². The summed E-state index contributed by atoms with van der Waals surface area (Å²) >= 11 is 0. The van der Waals surface area contributed by atoms with Gasteiger partial charge in [0.15, 0.2) is 0 Å². The molecule has 0 aromatic rings. The Labute approximate surface area is 70.9 Å². The van der Waals surface area contributed by atoms with Crippen molar-refractivity contribution in [1.82, 2.24) is 4.31 Å². The maximum absolute atomic E-state index is 10.4. The lowest BCUT2D eigenvalue weighted by Gasteiger charge is -2.14. The Bertz CT molecular complexity index is 268. The van der Waals surface area contributed by atoms with Gasteiger partial charge >= 0.3 is 10.3 Å². The smallest absolute Gasteiger partial charge is 0.335 e. The minimum Gasteiger partial charge on any atom is -0.391 e. The fraction of sp³-hybridized carbons (Fsp3) is 0.800. The Hall–Kier alpha value is -0.680. The Morgan fingerprint density at radius 3 is 2.50 bits per heavy atom. The quantitative estimate of drug-likeness (QED) is 0.558. The lowest BCUT2D eigenvalue weighted by atomic mass is 10.3. The van der Waals surface area contributed by atoms with Crippen LogP contribution in [0.25, 0.3) is 0 Å². The standard InChI is InChI=1S/C5H10N2O4S/c1-7(12(9,10)11)4-5(8)2-3-6/h5,8H,2,4H2,1H3,(H,9,10,11)/t5-/m1/s1. The zero-order chi connectivity index (χ0) is 9.78. The second-order valence-electron chi connectivity index (χ2n) is 2.27. The van der Waals surface area contributed by atoms with E-state index in [1.807, 2.05) is 0 Å². The zero-order valence-corrected chi connectivity index (χ0v) is 7.32. The van der Waals surface area contributed by atoms with E-state index in [4.69, 9.17) is 14.9 Å². The van der Waals surface area contributed by atoms with Gasteiger partial charge in [0, 0.05) is 13.6 Å². The van der Waals surface area contributed by atoms with Crippen molar-refractivity contribution in [2.45, 2.75) is 12.5 Å². The van der Waals surface area contributed by atoms with Gasteiger partial charge in [-0.05, 0) is 0 Å². The first-order chi connectivity index (χ1) is 5.38. The van der Waals surface area contributed by atoms with Gasteiger partial charge < -0.3 is 5.11 Å². The van der Waals surface area contributed by atoms with E-state index in [2.05, 4.69) is 0 Å². The van der Waals surface area contributed by atoms with Crippen molar-refractivity contribution >= 4 is 10.3 Å². The predicted octanol–water partition coefficient (Wildman–Crippen LogP) is -1.00. The van der Waals surface area contributed by atoms with E-state index in [1.165, 1.54) is 0 Å². The fourth-order valence-corrected chi connectivity index (χ4v) is 0.921. The molecule has 0 aliphatic rings. The van der Waals surface area contributed by atoms with Crippen LogP contribution in [0.5, 0.6) is 0 Å². The maximum Gasteiger partial charge on any atom is 0.335 e. The molecule has 0 rings (SSSR count). The van der Waals surface area contributed by atoms with Gasteiger partial charge in [-0.15, -0.1) is 0 Å². The summed E-state index contributed by atoms with van der Waals surface area (Å²) in [7, 11) is -3.15. The molecule has 0 radical (unpaired) electrons. The van der Waals surface area contributed by atoms with E-state index >= 15 is 0 Å². The summed E-state index contributed by atoms with van der Waals surface area (Å²) in [6.07, 6.45) is -1.23. The molecule has 12 heavy (non-hydrogen) atoms. The molecule has 0 saturated heterocycles. The minimum atomic E-state index is -4.25. The van der Waals surface area contributed by atoms with Crippen molar-refractivity contribution in [2.75, 3.05) is 13.6 Å². The highest BCUT2D eigenvalue weighted by molar-refractivity contribution is 7.83. The highest BCUT2D eigenvalue weighted by Crippen LogP contribution is 1.97. The van der Waals surface area contributed by atoms with Crippen molar-refractivity contribution in [3.8, 4) is 6.07 Å². The van der Waals surface area contributed by atoms with Gasteiger partial charge in [-0.2, -0.15) is 18.0 Å². The predicted molar refractivity (Wildman–Crippen MR) is 40.4 cm³/mol. The second kappa shape index (κ2) is 4.37. The molecule has 1 atom stereocenters. The molecule has 0 bridgehead atoms. The van der Waals surface area contributed by atoms with Crippen molar-refractivity contribution in [3.05, 3.63) is 0 Å². The van der Waals surface area contributed by atoms with Gasteiger partial charge in [0.05, 0.1) is 18.6 Å². The van der Waals surface area contributed by atoms with Crippen LogP contribution in [0.3, 0.4) is 0 Å². The SMILES string of the molecule is CN(C[C@H](O)CC#N)S(=O)(=O)O. The molecular weight excluding hydrogens is 184 g/mol. The van der Waals surface area contributed by atoms with Crippen molar-refractivity contribution in [3.63, 3.8) is 0 Å². The van der Waals surface area contributed by atoms with Crippen LogP contribution in [0.15, 0.2) is 0 Å². The van der Waals surface area contributed by atoms with Crippen molar-refractivity contribution in [2.24, 2.45) is 0 Å². The van der Waals surface area contributed by atoms with Crippen molar-refractivity contribution < 1.29 is 18.1 Å². The Balaban J connectivity index is 4.04. The molecule has 2 N–H and O–H groups in total. The summed E-state index contributed by atoms with van der Waals surface area (Å²) in [6.45, 7) is -0.285. The van der Waals surface area contributed by atoms with Gasteiger partial charge in [0.25, 0.3) is 0 Å². The summed E-state index contributed by atoms with van der Waals surface area (Å²) in [4.78, 5) is 0. The van der Waals surface area contributed by atoms with Gasteiger partial charge in [-0.3, -0.25) is 4.55 Å². The van der Waals surface area contributed by atoms with Gasteiger partial charge in [0.1, 0.15) is 0 Å². The summed E-state index contributed by atoms with van der Waals surface area (Å²) in [5.41, 5.74) is 0. The fourth-order valence-electron chi connectivity index (χ4n) is 0.561. The monoisotopic (exact) mass is 194 g/mol. The van der Waals surface area contributed by atoms with Crippen LogP contribution in [-0.4, -0.2) is 42.1 Å². The van der Waals surface area contributed by atoms with Crippen LogP contribution in [-0.2, 0) is 10.3 Å². The summed E-state index contributed by atoms with van der Waals surface area (Å²) < 4.78 is 29.7. The largest absolute Gasteiger partial charge is 0.391 e. The molecule has 70 valence electrons. The van der Waals surface area contributed by atoms with E-state index in [1.54, 1.807) is 6.07 Å². The average molecular weight is 194 g/mol. The molecule has 0 unspecified atom stereocenters. The highest BCUT2D eigenvalue weighted by Gasteiger charge is 2.16. The molecule has 0 aromatic carbocycles. The Morgan fingerprint density at radius 1 is 1.67 bits per heavy atom. The highest BCUT2D eigenvalue weighted by atomic mass is 32.2. The third-order valence-corrected chi connectivity index (χ3v) is 2.13. The third kappa shape index (κ3) is 4.25. The average Bonchev–Trinajstić information content (AvgIpc) is 1.85. The number of hydrogen-bond acceptors (Lipinski definition) is 4. The molecule has 0 fully saturated rings. The lowest BCUT2D eigenvalue weighted by molar-refractivity contribution is 0.153. The molecule has 0 spiro atoms. The topological polar surface area (TPSA) is 102 Å². The lowest BCUT2D eigenvalue weighted by Crippen LogP contribution is -2.33. The molecule has 0 aliphatic carbocycles. The van der Waals surface area contributed by atoms with Gasteiger partial charge in [-0.25, -0.2) is 0 Å². The Kier molecular flexibility index (Phi) is 4.12. The summed E-state index contributed by atoms with van der Waals surface area (Å²) in [6, 6.07) is 1.67. The summed E-state index contributed by atoms with van der Waals surface area (Å²) in [5.74, 6) is 0. The molecular formula is C5H10N2O4S. The first-order valence-electron chi connectivity index (χ1n) is 3.11. The van der Waals surface area contributed by atoms with Crippen LogP contribution in [0.2, 0.25) is 0 Å². The van der Waals surface area contributed by atoms with Crippen molar-refractivity contribution in [1.29, 1.82) is 5.26 Å². The molecule has 0 heterocycles. The number of aliphatic hydroxyl groups excluding tert-OH is 1. The first kappa shape index (κ1) is 11.3. The first-order valence-corrected chi connectivity index (χ1v) is 4.51. The molecule has 0 amide bonds. The zero-order valence-electron chi connectivity index (χ0n) is 6.51. The van der Waals surface area contributed by atoms with E-state index in [0.29, 0.717) is 4.31 Å². The molecule has 0 aliphatic heterocycles. The van der Waals surface area contributed by atoms with Crippen LogP contribution >= 0.6 is 0 Å². The van der Waals surface area contributed by atoms with E-state index in [0.717, 1.165) is 7.05 Å². The normalized spacial score (nSPS) is 14.2. The van der Waals surface area contributed by atoms with Crippen LogP contribution < -0.4 is 0 Å². The number of likely N-dealkylation sites (N-methyl/N-ethyl adjacent to an activating group) is 1. The summed E-state index contributed by atoms with van der Waals surface area (Å²) in [5, 5.41) is 17.1. The van der Waals surface area contributed by atoms with Crippen LogP contribution in [0.1, 0.15) is 6.42 Å². The van der Waals surface area contributed by atoms with Gasteiger partial charge in [-0.1, -0.05) is 0 Å². The third-order valence-electron chi connectivity index (χ3n) is 1.19. The number of nitriles is 1. The molecule has 7 heteroatoms. The number of nitrogens with zero attached hydrogens (tertiary/aromatic N) is 2. The number of hydrogen-bond donors (Lipinski definition) is 2. The second-order valence-corrected chi connectivity index (χ2v) is 3.79. The van der Waals surface area contributed by atoms with E-state index < -0.39 is 16.4 Å². The number of aliphatic hydroxyl groups is 1. The van der Waals surface area contributed by atoms with Crippen LogP contribution in [0.4, 0.5) is 0 Å². The minimum absolute atomic E-state index is 0.167. The van der Waals surface area contributed by atoms with Crippen LogP contribution in [0, 0.1) is 11.3 Å². The molecule has 6 nitrogen and oxygen atoms in total. The molecule has 0 saturated carbocycles. The van der Waals surface area contributed by atoms with E-state index in [9.17, 15) is 8.42 Å². The molecule has 0 aromatic heterocycles. The van der Waals surface area contributed by atoms with Gasteiger partial charge in [0.2, 0.25) is 0 Å². The number of rotatable bonds is 4. The maximum atomic E-state index is 10.4. The Morgan fingerprint density at radius 2 is 2.17 bits per heavy atom.